The van der Waals surface area contributed by atoms with Gasteiger partial charge in [0.15, 0.2) is 0 Å². The lowest BCUT2D eigenvalue weighted by molar-refractivity contribution is -0.146. The number of nitrogens with two attached hydrogens (primary N) is 1. The number of rotatable bonds is 5. The Labute approximate surface area is 101 Å². The number of hydrogen-bond acceptors (Lipinski definition) is 4. The molecule has 0 heterocycles. The van der Waals surface area contributed by atoms with Crippen LogP contribution < -0.4 is 5.73 Å². The van der Waals surface area contributed by atoms with E-state index in [0.717, 1.165) is 6.42 Å². The predicted molar refractivity (Wildman–Crippen MR) is 65.4 cm³/mol. The van der Waals surface area contributed by atoms with Gasteiger partial charge in [-0.25, -0.2) is 4.79 Å². The van der Waals surface area contributed by atoms with Crippen LogP contribution in [0.2, 0.25) is 0 Å². The average Bonchev–Trinajstić information content (AvgIpc) is 2.35. The fourth-order valence-corrected chi connectivity index (χ4v) is 1.25. The van der Waals surface area contributed by atoms with Crippen LogP contribution in [0.25, 0.3) is 0 Å². The first-order chi connectivity index (χ1) is 8.04. The Kier molecular flexibility index (Phi) is 4.97. The first kappa shape index (κ1) is 13.5. The van der Waals surface area contributed by atoms with E-state index in [2.05, 4.69) is 0 Å². The molecule has 2 atom stereocenters. The summed E-state index contributed by atoms with van der Waals surface area (Å²) in [7, 11) is 0. The molecule has 0 aliphatic heterocycles. The Balaban J connectivity index is 2.54. The lowest BCUT2D eigenvalue weighted by Gasteiger charge is -2.14. The molecule has 0 fully saturated rings. The number of phenols is 1. The number of phenolic OH excluding ortho intramolecular Hbond substituents is 1. The molecule has 0 aromatic heterocycles. The van der Waals surface area contributed by atoms with E-state index in [1.807, 2.05) is 13.8 Å². The van der Waals surface area contributed by atoms with E-state index in [-0.39, 0.29) is 5.75 Å². The molecule has 94 valence electrons. The second-order valence-corrected chi connectivity index (χ2v) is 4.21. The highest BCUT2D eigenvalue weighted by Crippen LogP contribution is 2.16. The quantitative estimate of drug-likeness (QED) is 0.768. The summed E-state index contributed by atoms with van der Waals surface area (Å²) in [5.74, 6) is 0.0517. The summed E-state index contributed by atoms with van der Waals surface area (Å²) in [6, 6.07) is 5.43. The molecule has 1 rings (SSSR count). The van der Waals surface area contributed by atoms with Crippen LogP contribution >= 0.6 is 0 Å². The molecule has 4 nitrogen and oxygen atoms in total. The predicted octanol–water partition coefficient (Wildman–Crippen LogP) is 1.98. The van der Waals surface area contributed by atoms with Gasteiger partial charge in [-0.15, -0.1) is 0 Å². The maximum atomic E-state index is 11.6. The highest BCUT2D eigenvalue weighted by atomic mass is 16.5. The highest BCUT2D eigenvalue weighted by molar-refractivity contribution is 5.77. The molecule has 1 unspecified atom stereocenters. The van der Waals surface area contributed by atoms with Crippen molar-refractivity contribution in [3.63, 3.8) is 0 Å². The van der Waals surface area contributed by atoms with Gasteiger partial charge in [0, 0.05) is 0 Å². The Hall–Kier alpha value is -1.55. The van der Waals surface area contributed by atoms with Crippen LogP contribution in [0, 0.1) is 5.92 Å². The molecule has 0 spiro atoms. The second-order valence-electron chi connectivity index (χ2n) is 4.21. The lowest BCUT2D eigenvalue weighted by atomic mass is 10.1. The number of carbonyl (C=O) groups excluding carboxylic acids is 1. The van der Waals surface area contributed by atoms with E-state index >= 15 is 0 Å². The standard InChI is InChI=1S/C13H19NO3/c1-3-9(2)8-17-13(16)12(14)10-4-6-11(15)7-5-10/h4-7,9,12,15H,3,8,14H2,1-2H3/t9?,12-/m0/s1. The normalized spacial score (nSPS) is 14.1. The number of benzene rings is 1. The van der Waals surface area contributed by atoms with E-state index in [0.29, 0.717) is 18.1 Å². The summed E-state index contributed by atoms with van der Waals surface area (Å²) in [6.45, 7) is 4.44. The number of carbonyl (C=O) groups is 1. The zero-order chi connectivity index (χ0) is 12.8. The molecule has 0 aliphatic carbocycles. The van der Waals surface area contributed by atoms with Crippen molar-refractivity contribution < 1.29 is 14.6 Å². The molecule has 1 aromatic carbocycles. The molecule has 0 saturated carbocycles. The van der Waals surface area contributed by atoms with Gasteiger partial charge in [-0.1, -0.05) is 32.4 Å². The van der Waals surface area contributed by atoms with Crippen LogP contribution in [0.5, 0.6) is 5.75 Å². The van der Waals surface area contributed by atoms with Crippen LogP contribution in [0.1, 0.15) is 31.9 Å². The first-order valence-corrected chi connectivity index (χ1v) is 5.75. The van der Waals surface area contributed by atoms with E-state index in [1.54, 1.807) is 12.1 Å². The molecular weight excluding hydrogens is 218 g/mol. The molecular formula is C13H19NO3. The largest absolute Gasteiger partial charge is 0.508 e. The molecule has 0 saturated heterocycles. The Morgan fingerprint density at radius 1 is 1.41 bits per heavy atom. The Bertz CT molecular complexity index is 361. The summed E-state index contributed by atoms with van der Waals surface area (Å²) in [6.07, 6.45) is 0.960. The van der Waals surface area contributed by atoms with Crippen molar-refractivity contribution >= 4 is 5.97 Å². The van der Waals surface area contributed by atoms with E-state index < -0.39 is 12.0 Å². The van der Waals surface area contributed by atoms with Gasteiger partial charge >= 0.3 is 5.97 Å². The van der Waals surface area contributed by atoms with Gasteiger partial charge in [-0.05, 0) is 23.6 Å². The minimum absolute atomic E-state index is 0.147. The number of hydrogen-bond donors (Lipinski definition) is 2. The maximum Gasteiger partial charge on any atom is 0.327 e. The Morgan fingerprint density at radius 2 is 2.00 bits per heavy atom. The maximum absolute atomic E-state index is 11.6. The molecule has 0 aliphatic rings. The van der Waals surface area contributed by atoms with Crippen molar-refractivity contribution in [2.45, 2.75) is 26.3 Å². The van der Waals surface area contributed by atoms with Crippen LogP contribution in [0.3, 0.4) is 0 Å². The van der Waals surface area contributed by atoms with Gasteiger partial charge in [0.1, 0.15) is 11.8 Å². The third kappa shape index (κ3) is 4.07. The van der Waals surface area contributed by atoms with Crippen molar-refractivity contribution in [2.75, 3.05) is 6.61 Å². The molecule has 17 heavy (non-hydrogen) atoms. The zero-order valence-electron chi connectivity index (χ0n) is 10.2. The van der Waals surface area contributed by atoms with Gasteiger partial charge < -0.3 is 15.6 Å². The zero-order valence-corrected chi connectivity index (χ0v) is 10.2. The van der Waals surface area contributed by atoms with Gasteiger partial charge in [-0.3, -0.25) is 0 Å². The van der Waals surface area contributed by atoms with Gasteiger partial charge in [-0.2, -0.15) is 0 Å². The summed E-state index contributed by atoms with van der Waals surface area (Å²) in [5.41, 5.74) is 6.40. The van der Waals surface area contributed by atoms with Crippen LogP contribution in [-0.2, 0) is 9.53 Å². The van der Waals surface area contributed by atoms with Crippen molar-refractivity contribution in [1.82, 2.24) is 0 Å². The minimum Gasteiger partial charge on any atom is -0.508 e. The van der Waals surface area contributed by atoms with Crippen LogP contribution in [0.4, 0.5) is 0 Å². The van der Waals surface area contributed by atoms with Gasteiger partial charge in [0.05, 0.1) is 6.61 Å². The Morgan fingerprint density at radius 3 is 2.53 bits per heavy atom. The monoisotopic (exact) mass is 237 g/mol. The third-order valence-electron chi connectivity index (χ3n) is 2.71. The molecule has 3 N–H and O–H groups in total. The van der Waals surface area contributed by atoms with Crippen LogP contribution in [0.15, 0.2) is 24.3 Å². The first-order valence-electron chi connectivity index (χ1n) is 5.75. The second kappa shape index (κ2) is 6.25. The van der Waals surface area contributed by atoms with E-state index in [1.165, 1.54) is 12.1 Å². The summed E-state index contributed by atoms with van der Waals surface area (Å²) >= 11 is 0. The molecule has 4 heteroatoms. The average molecular weight is 237 g/mol. The highest BCUT2D eigenvalue weighted by Gasteiger charge is 2.17. The molecule has 1 aromatic rings. The van der Waals surface area contributed by atoms with E-state index in [9.17, 15) is 4.79 Å². The number of ether oxygens (including phenoxy) is 1. The molecule has 0 amide bonds. The van der Waals surface area contributed by atoms with Crippen molar-refractivity contribution in [3.05, 3.63) is 29.8 Å². The van der Waals surface area contributed by atoms with Gasteiger partial charge in [0.2, 0.25) is 0 Å². The SMILES string of the molecule is CCC(C)COC(=O)[C@@H](N)c1ccc(O)cc1. The fraction of sp³-hybridized carbons (Fsp3) is 0.462. The summed E-state index contributed by atoms with van der Waals surface area (Å²) < 4.78 is 5.11. The third-order valence-corrected chi connectivity index (χ3v) is 2.71. The van der Waals surface area contributed by atoms with Crippen molar-refractivity contribution in [3.8, 4) is 5.75 Å². The van der Waals surface area contributed by atoms with E-state index in [4.69, 9.17) is 15.6 Å². The number of aromatic hydroxyl groups is 1. The van der Waals surface area contributed by atoms with Crippen LogP contribution in [-0.4, -0.2) is 17.7 Å². The summed E-state index contributed by atoms with van der Waals surface area (Å²) in [4.78, 5) is 11.6. The fourth-order valence-electron chi connectivity index (χ4n) is 1.25. The van der Waals surface area contributed by atoms with Crippen molar-refractivity contribution in [1.29, 1.82) is 0 Å². The van der Waals surface area contributed by atoms with Crippen molar-refractivity contribution in [2.24, 2.45) is 11.7 Å². The number of esters is 1. The smallest absolute Gasteiger partial charge is 0.327 e. The summed E-state index contributed by atoms with van der Waals surface area (Å²) in [5, 5.41) is 9.13. The molecule has 0 radical (unpaired) electrons. The minimum atomic E-state index is -0.792. The lowest BCUT2D eigenvalue weighted by Crippen LogP contribution is -2.25. The topological polar surface area (TPSA) is 72.5 Å². The molecule has 0 bridgehead atoms. The van der Waals surface area contributed by atoms with Gasteiger partial charge in [0.25, 0.3) is 0 Å².